The van der Waals surface area contributed by atoms with Gasteiger partial charge in [0.05, 0.1) is 38.9 Å². The maximum absolute atomic E-state index is 12.8. The van der Waals surface area contributed by atoms with Gasteiger partial charge in [0.2, 0.25) is 0 Å². The summed E-state index contributed by atoms with van der Waals surface area (Å²) in [5.41, 5.74) is 5.45. The number of hydrogen-bond acceptors (Lipinski definition) is 6. The highest BCUT2D eigenvalue weighted by atomic mass is 16.5. The zero-order valence-corrected chi connectivity index (χ0v) is 23.6. The van der Waals surface area contributed by atoms with E-state index in [0.717, 1.165) is 35.3 Å². The first-order chi connectivity index (χ1) is 20.7. The van der Waals surface area contributed by atoms with Gasteiger partial charge in [0.1, 0.15) is 17.8 Å². The van der Waals surface area contributed by atoms with E-state index in [4.69, 9.17) is 14.2 Å². The first-order valence-electron chi connectivity index (χ1n) is 14.4. The van der Waals surface area contributed by atoms with Crippen LogP contribution in [0.25, 0.3) is 11.0 Å². The topological polar surface area (TPSA) is 81.6 Å². The Balaban J connectivity index is 1.15. The Labute approximate surface area is 245 Å². The number of nitrogens with zero attached hydrogens (tertiary/aromatic N) is 3. The van der Waals surface area contributed by atoms with E-state index in [9.17, 15) is 4.79 Å². The van der Waals surface area contributed by atoms with Gasteiger partial charge in [-0.05, 0) is 16.7 Å². The molecule has 1 fully saturated rings. The average Bonchev–Trinajstić information content (AvgIpc) is 3.58. The summed E-state index contributed by atoms with van der Waals surface area (Å²) in [7, 11) is 0. The molecule has 2 atom stereocenters. The van der Waals surface area contributed by atoms with Crippen LogP contribution in [0.5, 0.6) is 0 Å². The molecule has 42 heavy (non-hydrogen) atoms. The summed E-state index contributed by atoms with van der Waals surface area (Å²) in [5.74, 6) is 0.219. The molecule has 3 heterocycles. The number of benzene rings is 3. The van der Waals surface area contributed by atoms with Crippen LogP contribution >= 0.6 is 0 Å². The zero-order chi connectivity index (χ0) is 28.6. The first-order valence-corrected chi connectivity index (χ1v) is 14.4. The van der Waals surface area contributed by atoms with Gasteiger partial charge >= 0.3 is 0 Å². The number of ether oxygens (including phenoxy) is 3. The SMILES string of the molecule is O=c1[nH]cnc2c(CN3C[C@H](COCc4ccccc4)[C@H](OCc4ccccc4)C3)cn(COCc3ccccc3)c12. The van der Waals surface area contributed by atoms with Crippen molar-refractivity contribution in [3.63, 3.8) is 0 Å². The fourth-order valence-electron chi connectivity index (χ4n) is 5.59. The maximum atomic E-state index is 12.8. The number of aromatic nitrogens is 3. The molecular weight excluding hydrogens is 528 g/mol. The summed E-state index contributed by atoms with van der Waals surface area (Å²) < 4.78 is 20.5. The highest BCUT2D eigenvalue weighted by Crippen LogP contribution is 2.26. The number of rotatable bonds is 13. The van der Waals surface area contributed by atoms with E-state index in [2.05, 4.69) is 39.1 Å². The molecule has 0 unspecified atom stereocenters. The van der Waals surface area contributed by atoms with Crippen LogP contribution in [0.15, 0.2) is 108 Å². The van der Waals surface area contributed by atoms with Crippen molar-refractivity contribution in [2.75, 3.05) is 19.7 Å². The van der Waals surface area contributed by atoms with Gasteiger partial charge in [0.25, 0.3) is 5.56 Å². The van der Waals surface area contributed by atoms with E-state index in [-0.39, 0.29) is 24.3 Å². The van der Waals surface area contributed by atoms with Crippen LogP contribution in [0.2, 0.25) is 0 Å². The third kappa shape index (κ3) is 7.03. The molecule has 0 bridgehead atoms. The molecule has 1 aliphatic rings. The van der Waals surface area contributed by atoms with Gasteiger partial charge in [-0.1, -0.05) is 91.0 Å². The molecule has 0 radical (unpaired) electrons. The summed E-state index contributed by atoms with van der Waals surface area (Å²) in [6.45, 7) is 4.72. The second-order valence-corrected chi connectivity index (χ2v) is 10.8. The number of H-pyrrole nitrogens is 1. The van der Waals surface area contributed by atoms with Crippen molar-refractivity contribution in [3.8, 4) is 0 Å². The van der Waals surface area contributed by atoms with Gasteiger partial charge < -0.3 is 23.8 Å². The normalized spacial score (nSPS) is 17.2. The van der Waals surface area contributed by atoms with Crippen molar-refractivity contribution in [2.45, 2.75) is 39.2 Å². The van der Waals surface area contributed by atoms with Crippen molar-refractivity contribution in [3.05, 3.63) is 136 Å². The second kappa shape index (κ2) is 13.7. The van der Waals surface area contributed by atoms with Crippen LogP contribution in [0.1, 0.15) is 22.3 Å². The predicted molar refractivity (Wildman–Crippen MR) is 161 cm³/mol. The first kappa shape index (κ1) is 28.1. The zero-order valence-electron chi connectivity index (χ0n) is 23.6. The minimum Gasteiger partial charge on any atom is -0.376 e. The molecule has 8 heteroatoms. The molecule has 1 N–H and O–H groups in total. The molecule has 0 saturated carbocycles. The lowest BCUT2D eigenvalue weighted by atomic mass is 10.1. The summed E-state index contributed by atoms with van der Waals surface area (Å²) in [6.07, 6.45) is 3.50. The lowest BCUT2D eigenvalue weighted by Gasteiger charge is -2.19. The Morgan fingerprint density at radius 3 is 2.07 bits per heavy atom. The smallest absolute Gasteiger partial charge is 0.275 e. The van der Waals surface area contributed by atoms with Gasteiger partial charge in [0.15, 0.2) is 0 Å². The van der Waals surface area contributed by atoms with Gasteiger partial charge in [-0.3, -0.25) is 9.69 Å². The Morgan fingerprint density at radius 2 is 1.40 bits per heavy atom. The number of nitrogens with one attached hydrogen (secondary N) is 1. The molecule has 3 aromatic carbocycles. The Bertz CT molecular complexity index is 1610. The van der Waals surface area contributed by atoms with E-state index in [1.54, 1.807) is 0 Å². The largest absolute Gasteiger partial charge is 0.376 e. The maximum Gasteiger partial charge on any atom is 0.275 e. The molecule has 1 aliphatic heterocycles. The molecule has 2 aromatic heterocycles. The van der Waals surface area contributed by atoms with E-state index < -0.39 is 0 Å². The van der Waals surface area contributed by atoms with Crippen molar-refractivity contribution in [1.82, 2.24) is 19.4 Å². The minimum absolute atomic E-state index is 0.0277. The molecule has 0 amide bonds. The molecule has 1 saturated heterocycles. The lowest BCUT2D eigenvalue weighted by Crippen LogP contribution is -2.26. The van der Waals surface area contributed by atoms with Crippen molar-refractivity contribution in [1.29, 1.82) is 0 Å². The van der Waals surface area contributed by atoms with Crippen LogP contribution in [0.4, 0.5) is 0 Å². The number of aromatic amines is 1. The Kier molecular flexibility index (Phi) is 9.17. The highest BCUT2D eigenvalue weighted by Gasteiger charge is 2.34. The summed E-state index contributed by atoms with van der Waals surface area (Å²) in [4.78, 5) is 22.5. The fraction of sp³-hybridized carbons (Fsp3) is 0.294. The van der Waals surface area contributed by atoms with Crippen LogP contribution in [-0.2, 0) is 47.3 Å². The Morgan fingerprint density at radius 1 is 0.786 bits per heavy atom. The van der Waals surface area contributed by atoms with Crippen molar-refractivity contribution < 1.29 is 14.2 Å². The molecule has 8 nitrogen and oxygen atoms in total. The third-order valence-electron chi connectivity index (χ3n) is 7.67. The molecule has 216 valence electrons. The predicted octanol–water partition coefficient (Wildman–Crippen LogP) is 5.13. The van der Waals surface area contributed by atoms with Crippen LogP contribution in [0, 0.1) is 5.92 Å². The van der Waals surface area contributed by atoms with Crippen LogP contribution < -0.4 is 5.56 Å². The monoisotopic (exact) mass is 564 g/mol. The molecule has 0 spiro atoms. The van der Waals surface area contributed by atoms with E-state index in [1.165, 1.54) is 6.33 Å². The molecular formula is C34H36N4O4. The molecule has 5 aromatic rings. The number of fused-ring (bicyclic) bond motifs is 1. The van der Waals surface area contributed by atoms with Crippen LogP contribution in [0.3, 0.4) is 0 Å². The van der Waals surface area contributed by atoms with E-state index in [0.29, 0.717) is 44.0 Å². The number of likely N-dealkylation sites (tertiary alicyclic amines) is 1. The Hall–Kier alpha value is -4.08. The average molecular weight is 565 g/mol. The second-order valence-electron chi connectivity index (χ2n) is 10.8. The highest BCUT2D eigenvalue weighted by molar-refractivity contribution is 5.78. The van der Waals surface area contributed by atoms with Crippen molar-refractivity contribution >= 4 is 11.0 Å². The summed E-state index contributed by atoms with van der Waals surface area (Å²) in [5, 5.41) is 0. The lowest BCUT2D eigenvalue weighted by molar-refractivity contribution is -0.0107. The molecule has 6 rings (SSSR count). The summed E-state index contributed by atoms with van der Waals surface area (Å²) >= 11 is 0. The minimum atomic E-state index is -0.174. The van der Waals surface area contributed by atoms with Crippen molar-refractivity contribution in [2.24, 2.45) is 5.92 Å². The standard InChI is InChI=1S/C34H36N4O4/c39-34-33-32(35-24-36-34)29(18-38(33)25-41-21-27-12-6-2-7-13-27)16-37-17-30(23-40-20-26-10-4-1-5-11-26)31(19-37)42-22-28-14-8-3-9-15-28/h1-15,18,24,30-31H,16-17,19-23,25H2,(H,35,36,39)/t30-,31-/m1/s1. The molecule has 0 aliphatic carbocycles. The van der Waals surface area contributed by atoms with E-state index in [1.807, 2.05) is 77.5 Å². The summed E-state index contributed by atoms with van der Waals surface area (Å²) in [6, 6.07) is 30.5. The van der Waals surface area contributed by atoms with Gasteiger partial charge in [-0.15, -0.1) is 0 Å². The van der Waals surface area contributed by atoms with E-state index >= 15 is 0 Å². The van der Waals surface area contributed by atoms with Gasteiger partial charge in [-0.2, -0.15) is 0 Å². The number of hydrogen-bond donors (Lipinski definition) is 1. The van der Waals surface area contributed by atoms with Crippen LogP contribution in [-0.4, -0.2) is 45.2 Å². The third-order valence-corrected chi connectivity index (χ3v) is 7.67. The quantitative estimate of drug-likeness (QED) is 0.214. The van der Waals surface area contributed by atoms with Gasteiger partial charge in [0, 0.05) is 37.3 Å². The fourth-order valence-corrected chi connectivity index (χ4v) is 5.59. The van der Waals surface area contributed by atoms with Gasteiger partial charge in [-0.25, -0.2) is 4.98 Å².